The molecular weight excluding hydrogens is 228 g/mol. The number of nitrogens with one attached hydrogen (secondary N) is 1. The Bertz CT molecular complexity index is 293. The fourth-order valence-corrected chi connectivity index (χ4v) is 2.87. The van der Waals surface area contributed by atoms with Crippen molar-refractivity contribution in [3.8, 4) is 0 Å². The molecule has 2 fully saturated rings. The second-order valence-electron chi connectivity index (χ2n) is 6.52. The molecule has 1 N–H and O–H groups in total. The van der Waals surface area contributed by atoms with Crippen LogP contribution in [0.15, 0.2) is 0 Å². The van der Waals surface area contributed by atoms with Crippen LogP contribution in [0.5, 0.6) is 0 Å². The van der Waals surface area contributed by atoms with E-state index >= 15 is 0 Å². The van der Waals surface area contributed by atoms with Gasteiger partial charge in [0.2, 0.25) is 0 Å². The zero-order valence-electron chi connectivity index (χ0n) is 11.9. The molecule has 2 atom stereocenters. The smallest absolute Gasteiger partial charge is 0.310 e. The highest BCUT2D eigenvalue weighted by Crippen LogP contribution is 2.22. The van der Waals surface area contributed by atoms with Crippen LogP contribution in [0.1, 0.15) is 40.0 Å². The van der Waals surface area contributed by atoms with Gasteiger partial charge in [-0.25, -0.2) is 0 Å². The molecule has 2 aliphatic rings. The second-order valence-corrected chi connectivity index (χ2v) is 6.52. The normalized spacial score (nSPS) is 30.4. The van der Waals surface area contributed by atoms with Crippen LogP contribution in [0, 0.1) is 5.92 Å². The van der Waals surface area contributed by atoms with Crippen molar-refractivity contribution in [2.45, 2.75) is 51.7 Å². The lowest BCUT2D eigenvalue weighted by Gasteiger charge is -2.35. The SMILES string of the molecule is CC(C)(C)OC(=O)[C@@H]1CNC[C@@H](N2CCCC2)C1. The van der Waals surface area contributed by atoms with Crippen molar-refractivity contribution < 1.29 is 9.53 Å². The summed E-state index contributed by atoms with van der Waals surface area (Å²) in [5.41, 5.74) is -0.377. The minimum absolute atomic E-state index is 0.0172. The Hall–Kier alpha value is -0.610. The lowest BCUT2D eigenvalue weighted by Crippen LogP contribution is -2.50. The van der Waals surface area contributed by atoms with E-state index in [0.29, 0.717) is 6.04 Å². The van der Waals surface area contributed by atoms with Crippen LogP contribution in [0.3, 0.4) is 0 Å². The Labute approximate surface area is 110 Å². The molecule has 0 bridgehead atoms. The van der Waals surface area contributed by atoms with Crippen molar-refractivity contribution in [2.24, 2.45) is 5.92 Å². The Morgan fingerprint density at radius 1 is 1.22 bits per heavy atom. The molecule has 0 aromatic rings. The van der Waals surface area contributed by atoms with Crippen molar-refractivity contribution in [2.75, 3.05) is 26.2 Å². The first kappa shape index (κ1) is 13.8. The van der Waals surface area contributed by atoms with Crippen LogP contribution in [0.25, 0.3) is 0 Å². The Morgan fingerprint density at radius 3 is 2.50 bits per heavy atom. The van der Waals surface area contributed by atoms with Crippen LogP contribution in [-0.2, 0) is 9.53 Å². The molecule has 0 spiro atoms. The summed E-state index contributed by atoms with van der Waals surface area (Å²) in [6.45, 7) is 9.94. The average Bonchev–Trinajstić information content (AvgIpc) is 2.80. The molecule has 2 aliphatic heterocycles. The number of piperidine rings is 1. The van der Waals surface area contributed by atoms with Gasteiger partial charge in [0.15, 0.2) is 0 Å². The van der Waals surface area contributed by atoms with E-state index in [0.717, 1.165) is 19.5 Å². The number of esters is 1. The predicted molar refractivity (Wildman–Crippen MR) is 71.4 cm³/mol. The number of carbonyl (C=O) groups excluding carboxylic acids is 1. The van der Waals surface area contributed by atoms with E-state index in [9.17, 15) is 4.79 Å². The summed E-state index contributed by atoms with van der Waals surface area (Å²) in [7, 11) is 0. The van der Waals surface area contributed by atoms with Crippen molar-refractivity contribution in [1.82, 2.24) is 10.2 Å². The molecule has 0 unspecified atom stereocenters. The summed E-state index contributed by atoms with van der Waals surface area (Å²) in [4.78, 5) is 14.6. The maximum atomic E-state index is 12.1. The maximum absolute atomic E-state index is 12.1. The van der Waals surface area contributed by atoms with E-state index in [-0.39, 0.29) is 17.5 Å². The topological polar surface area (TPSA) is 41.6 Å². The molecule has 0 aromatic heterocycles. The van der Waals surface area contributed by atoms with Gasteiger partial charge in [-0.3, -0.25) is 9.69 Å². The molecule has 0 amide bonds. The lowest BCUT2D eigenvalue weighted by molar-refractivity contribution is -0.161. The number of ether oxygens (including phenoxy) is 1. The summed E-state index contributed by atoms with van der Waals surface area (Å²) in [5.74, 6) is -0.0255. The van der Waals surface area contributed by atoms with E-state index in [2.05, 4.69) is 10.2 Å². The van der Waals surface area contributed by atoms with Gasteiger partial charge in [0.25, 0.3) is 0 Å². The first-order valence-electron chi connectivity index (χ1n) is 7.13. The van der Waals surface area contributed by atoms with Gasteiger partial charge in [0.05, 0.1) is 5.92 Å². The predicted octanol–water partition coefficient (Wildman–Crippen LogP) is 1.40. The number of hydrogen-bond acceptors (Lipinski definition) is 4. The number of hydrogen-bond donors (Lipinski definition) is 1. The zero-order chi connectivity index (χ0) is 13.2. The Balaban J connectivity index is 1.87. The summed E-state index contributed by atoms with van der Waals surface area (Å²) in [5, 5.41) is 3.39. The van der Waals surface area contributed by atoms with Crippen LogP contribution < -0.4 is 5.32 Å². The molecule has 2 saturated heterocycles. The van der Waals surface area contributed by atoms with Crippen molar-refractivity contribution >= 4 is 5.97 Å². The number of carbonyl (C=O) groups is 1. The highest BCUT2D eigenvalue weighted by Gasteiger charge is 2.33. The summed E-state index contributed by atoms with van der Waals surface area (Å²) in [6, 6.07) is 0.513. The van der Waals surface area contributed by atoms with Crippen molar-refractivity contribution in [3.63, 3.8) is 0 Å². The molecule has 104 valence electrons. The van der Waals surface area contributed by atoms with E-state index < -0.39 is 0 Å². The molecule has 0 aromatic carbocycles. The van der Waals surface area contributed by atoms with Gasteiger partial charge in [-0.15, -0.1) is 0 Å². The van der Waals surface area contributed by atoms with Gasteiger partial charge in [0.1, 0.15) is 5.60 Å². The van der Waals surface area contributed by atoms with Crippen LogP contribution in [0.2, 0.25) is 0 Å². The van der Waals surface area contributed by atoms with Gasteiger partial charge in [0, 0.05) is 19.1 Å². The van der Waals surface area contributed by atoms with Crippen LogP contribution in [0.4, 0.5) is 0 Å². The molecular formula is C14H26N2O2. The third-order valence-corrected chi connectivity index (χ3v) is 3.72. The van der Waals surface area contributed by atoms with Crippen molar-refractivity contribution in [3.05, 3.63) is 0 Å². The molecule has 4 nitrogen and oxygen atoms in total. The summed E-state index contributed by atoms with van der Waals surface area (Å²) >= 11 is 0. The lowest BCUT2D eigenvalue weighted by atomic mass is 9.94. The largest absolute Gasteiger partial charge is 0.460 e. The van der Waals surface area contributed by atoms with Crippen LogP contribution in [-0.4, -0.2) is 48.7 Å². The minimum Gasteiger partial charge on any atom is -0.460 e. The van der Waals surface area contributed by atoms with Gasteiger partial charge in [-0.1, -0.05) is 0 Å². The van der Waals surface area contributed by atoms with Gasteiger partial charge < -0.3 is 10.1 Å². The van der Waals surface area contributed by atoms with Gasteiger partial charge >= 0.3 is 5.97 Å². The molecule has 0 aliphatic carbocycles. The Morgan fingerprint density at radius 2 is 1.89 bits per heavy atom. The second kappa shape index (κ2) is 5.57. The van der Waals surface area contributed by atoms with Gasteiger partial charge in [-0.2, -0.15) is 0 Å². The molecule has 2 heterocycles. The molecule has 18 heavy (non-hydrogen) atoms. The molecule has 2 rings (SSSR count). The van der Waals surface area contributed by atoms with Gasteiger partial charge in [-0.05, 0) is 53.1 Å². The number of likely N-dealkylation sites (tertiary alicyclic amines) is 1. The molecule has 0 saturated carbocycles. The average molecular weight is 254 g/mol. The quantitative estimate of drug-likeness (QED) is 0.756. The fraction of sp³-hybridized carbons (Fsp3) is 0.929. The summed E-state index contributed by atoms with van der Waals surface area (Å²) < 4.78 is 5.49. The highest BCUT2D eigenvalue weighted by molar-refractivity contribution is 5.73. The molecule has 4 heteroatoms. The first-order chi connectivity index (χ1) is 8.46. The van der Waals surface area contributed by atoms with Crippen molar-refractivity contribution in [1.29, 1.82) is 0 Å². The standard InChI is InChI=1S/C14H26N2O2/c1-14(2,3)18-13(17)11-8-12(10-15-9-11)16-6-4-5-7-16/h11-12,15H,4-10H2,1-3H3/t11-,12-/m0/s1. The van der Waals surface area contributed by atoms with E-state index in [1.807, 2.05) is 20.8 Å². The van der Waals surface area contributed by atoms with E-state index in [1.54, 1.807) is 0 Å². The maximum Gasteiger partial charge on any atom is 0.310 e. The Kier molecular flexibility index (Phi) is 4.28. The van der Waals surface area contributed by atoms with E-state index in [4.69, 9.17) is 4.74 Å². The fourth-order valence-electron chi connectivity index (χ4n) is 2.87. The van der Waals surface area contributed by atoms with Crippen LogP contribution >= 0.6 is 0 Å². The number of nitrogens with zero attached hydrogens (tertiary/aromatic N) is 1. The molecule has 0 radical (unpaired) electrons. The minimum atomic E-state index is -0.377. The number of rotatable bonds is 2. The third kappa shape index (κ3) is 3.69. The first-order valence-corrected chi connectivity index (χ1v) is 7.13. The summed E-state index contributed by atoms with van der Waals surface area (Å²) in [6.07, 6.45) is 3.54. The monoisotopic (exact) mass is 254 g/mol. The van der Waals surface area contributed by atoms with E-state index in [1.165, 1.54) is 25.9 Å². The highest BCUT2D eigenvalue weighted by atomic mass is 16.6. The zero-order valence-corrected chi connectivity index (χ0v) is 11.9. The third-order valence-electron chi connectivity index (χ3n) is 3.72.